The minimum atomic E-state index is -0.621. The first-order chi connectivity index (χ1) is 9.54. The second-order valence-corrected chi connectivity index (χ2v) is 5.02. The van der Waals surface area contributed by atoms with Crippen molar-refractivity contribution in [2.45, 2.75) is 6.92 Å². The molecular weight excluding hydrogens is 279 g/mol. The first-order valence-corrected chi connectivity index (χ1v) is 6.42. The molecule has 0 fully saturated rings. The van der Waals surface area contributed by atoms with E-state index in [0.29, 0.717) is 5.58 Å². The SMILES string of the molecule is Cc1ccc2oc(C(=O)c3ccc(Cl)c(F)c3)cc2c1. The van der Waals surface area contributed by atoms with Crippen LogP contribution in [0.25, 0.3) is 11.0 Å². The molecule has 0 aliphatic heterocycles. The maximum absolute atomic E-state index is 13.4. The van der Waals surface area contributed by atoms with E-state index in [1.54, 1.807) is 6.07 Å². The molecule has 0 N–H and O–H groups in total. The number of halogens is 2. The Hall–Kier alpha value is -2.13. The van der Waals surface area contributed by atoms with E-state index in [2.05, 4.69) is 0 Å². The lowest BCUT2D eigenvalue weighted by molar-refractivity contribution is 0.101. The van der Waals surface area contributed by atoms with Crippen molar-refractivity contribution in [1.82, 2.24) is 0 Å². The third kappa shape index (κ3) is 2.21. The zero-order valence-corrected chi connectivity index (χ0v) is 11.4. The van der Waals surface area contributed by atoms with Gasteiger partial charge in [0.25, 0.3) is 0 Å². The van der Waals surface area contributed by atoms with E-state index in [0.717, 1.165) is 17.0 Å². The number of fused-ring (bicyclic) bond motifs is 1. The van der Waals surface area contributed by atoms with Gasteiger partial charge in [0.1, 0.15) is 11.4 Å². The molecule has 0 amide bonds. The fourth-order valence-electron chi connectivity index (χ4n) is 2.05. The number of carbonyl (C=O) groups is 1. The molecule has 20 heavy (non-hydrogen) atoms. The van der Waals surface area contributed by atoms with Gasteiger partial charge in [0.05, 0.1) is 5.02 Å². The molecule has 0 saturated heterocycles. The molecule has 0 bridgehead atoms. The molecule has 2 aromatic carbocycles. The molecule has 100 valence electrons. The zero-order valence-electron chi connectivity index (χ0n) is 10.6. The maximum atomic E-state index is 13.4. The van der Waals surface area contributed by atoms with Crippen LogP contribution in [0.5, 0.6) is 0 Å². The van der Waals surface area contributed by atoms with Gasteiger partial charge in [-0.05, 0) is 43.3 Å². The minimum Gasteiger partial charge on any atom is -0.453 e. The fraction of sp³-hybridized carbons (Fsp3) is 0.0625. The molecule has 2 nitrogen and oxygen atoms in total. The highest BCUT2D eigenvalue weighted by molar-refractivity contribution is 6.30. The number of hydrogen-bond donors (Lipinski definition) is 0. The summed E-state index contributed by atoms with van der Waals surface area (Å²) in [6.45, 7) is 1.96. The van der Waals surface area contributed by atoms with Crippen molar-refractivity contribution in [2.24, 2.45) is 0 Å². The maximum Gasteiger partial charge on any atom is 0.228 e. The Morgan fingerprint density at radius 2 is 1.95 bits per heavy atom. The predicted molar refractivity (Wildman–Crippen MR) is 75.8 cm³/mol. The molecule has 4 heteroatoms. The highest BCUT2D eigenvalue weighted by atomic mass is 35.5. The lowest BCUT2D eigenvalue weighted by Gasteiger charge is -1.99. The van der Waals surface area contributed by atoms with E-state index >= 15 is 0 Å². The fourth-order valence-corrected chi connectivity index (χ4v) is 2.17. The molecule has 0 aliphatic rings. The quantitative estimate of drug-likeness (QED) is 0.636. The molecule has 0 atom stereocenters. The molecule has 0 spiro atoms. The number of benzene rings is 2. The lowest BCUT2D eigenvalue weighted by Crippen LogP contribution is -2.00. The van der Waals surface area contributed by atoms with Crippen molar-refractivity contribution in [3.8, 4) is 0 Å². The van der Waals surface area contributed by atoms with Crippen LogP contribution in [-0.4, -0.2) is 5.78 Å². The van der Waals surface area contributed by atoms with Crippen LogP contribution in [0.1, 0.15) is 21.7 Å². The molecule has 0 radical (unpaired) electrons. The van der Waals surface area contributed by atoms with E-state index < -0.39 is 5.82 Å². The van der Waals surface area contributed by atoms with E-state index in [1.165, 1.54) is 12.1 Å². The molecule has 0 saturated carbocycles. The molecular formula is C16H10ClFO2. The van der Waals surface area contributed by atoms with Crippen molar-refractivity contribution < 1.29 is 13.6 Å². The number of aryl methyl sites for hydroxylation is 1. The second-order valence-electron chi connectivity index (χ2n) is 4.61. The van der Waals surface area contributed by atoms with Crippen LogP contribution in [0.3, 0.4) is 0 Å². The summed E-state index contributed by atoms with van der Waals surface area (Å²) >= 11 is 5.60. The molecule has 1 aromatic heterocycles. The van der Waals surface area contributed by atoms with Crippen LogP contribution in [0.15, 0.2) is 46.9 Å². The lowest BCUT2D eigenvalue weighted by atomic mass is 10.1. The van der Waals surface area contributed by atoms with Gasteiger partial charge >= 0.3 is 0 Å². The standard InChI is InChI=1S/C16H10ClFO2/c1-9-2-5-14-11(6-9)8-15(20-14)16(19)10-3-4-12(17)13(18)7-10/h2-8H,1H3. The van der Waals surface area contributed by atoms with E-state index in [-0.39, 0.29) is 22.1 Å². The predicted octanol–water partition coefficient (Wildman–Crippen LogP) is 4.76. The van der Waals surface area contributed by atoms with E-state index in [9.17, 15) is 9.18 Å². The zero-order chi connectivity index (χ0) is 14.3. The van der Waals surface area contributed by atoms with Crippen molar-refractivity contribution in [2.75, 3.05) is 0 Å². The number of rotatable bonds is 2. The third-order valence-corrected chi connectivity index (χ3v) is 3.38. The monoisotopic (exact) mass is 288 g/mol. The third-order valence-electron chi connectivity index (χ3n) is 3.08. The van der Waals surface area contributed by atoms with Crippen molar-refractivity contribution >= 4 is 28.4 Å². The Kier molecular flexibility index (Phi) is 3.07. The summed E-state index contributed by atoms with van der Waals surface area (Å²) < 4.78 is 18.9. The van der Waals surface area contributed by atoms with Gasteiger partial charge in [-0.3, -0.25) is 4.79 Å². The Labute approximate surface area is 119 Å². The molecule has 1 heterocycles. The van der Waals surface area contributed by atoms with Crippen LogP contribution in [0.2, 0.25) is 5.02 Å². The summed E-state index contributed by atoms with van der Waals surface area (Å²) in [4.78, 5) is 12.3. The van der Waals surface area contributed by atoms with E-state index in [1.807, 2.05) is 25.1 Å². The summed E-state index contributed by atoms with van der Waals surface area (Å²) in [6.07, 6.45) is 0. The number of carbonyl (C=O) groups excluding carboxylic acids is 1. The van der Waals surface area contributed by atoms with Crippen LogP contribution in [0, 0.1) is 12.7 Å². The molecule has 3 aromatic rings. The highest BCUT2D eigenvalue weighted by Gasteiger charge is 2.16. The summed E-state index contributed by atoms with van der Waals surface area (Å²) in [5.74, 6) is -0.800. The number of ketones is 1. The van der Waals surface area contributed by atoms with Crippen molar-refractivity contribution in [3.05, 3.63) is 70.2 Å². The first kappa shape index (κ1) is 12.9. The van der Waals surface area contributed by atoms with Crippen LogP contribution in [-0.2, 0) is 0 Å². The van der Waals surface area contributed by atoms with Gasteiger partial charge in [0.2, 0.25) is 5.78 Å². The smallest absolute Gasteiger partial charge is 0.228 e. The highest BCUT2D eigenvalue weighted by Crippen LogP contribution is 2.24. The van der Waals surface area contributed by atoms with Gasteiger partial charge in [0.15, 0.2) is 5.76 Å². The van der Waals surface area contributed by atoms with Gasteiger partial charge < -0.3 is 4.42 Å². The van der Waals surface area contributed by atoms with Crippen LogP contribution < -0.4 is 0 Å². The van der Waals surface area contributed by atoms with Crippen molar-refractivity contribution in [3.63, 3.8) is 0 Å². The van der Waals surface area contributed by atoms with Crippen LogP contribution >= 0.6 is 11.6 Å². The van der Waals surface area contributed by atoms with Gasteiger partial charge in [-0.1, -0.05) is 23.2 Å². The van der Waals surface area contributed by atoms with Gasteiger partial charge in [-0.25, -0.2) is 4.39 Å². The summed E-state index contributed by atoms with van der Waals surface area (Å²) in [6, 6.07) is 11.3. The summed E-state index contributed by atoms with van der Waals surface area (Å²) in [7, 11) is 0. The average molecular weight is 289 g/mol. The topological polar surface area (TPSA) is 30.2 Å². The number of hydrogen-bond acceptors (Lipinski definition) is 2. The Morgan fingerprint density at radius 3 is 2.70 bits per heavy atom. The van der Waals surface area contributed by atoms with Gasteiger partial charge in [-0.2, -0.15) is 0 Å². The molecule has 3 rings (SSSR count). The minimum absolute atomic E-state index is 0.0122. The van der Waals surface area contributed by atoms with Crippen molar-refractivity contribution in [1.29, 1.82) is 0 Å². The largest absolute Gasteiger partial charge is 0.453 e. The normalized spacial score (nSPS) is 10.9. The molecule has 0 unspecified atom stereocenters. The Morgan fingerprint density at radius 1 is 1.15 bits per heavy atom. The summed E-state index contributed by atoms with van der Waals surface area (Å²) in [5.41, 5.74) is 1.92. The van der Waals surface area contributed by atoms with E-state index in [4.69, 9.17) is 16.0 Å². The van der Waals surface area contributed by atoms with Gasteiger partial charge in [-0.15, -0.1) is 0 Å². The molecule has 0 aliphatic carbocycles. The van der Waals surface area contributed by atoms with Gasteiger partial charge in [0, 0.05) is 10.9 Å². The second kappa shape index (κ2) is 4.76. The van der Waals surface area contributed by atoms with Crippen LogP contribution in [0.4, 0.5) is 4.39 Å². The Bertz CT molecular complexity index is 820. The first-order valence-electron chi connectivity index (χ1n) is 6.04. The summed E-state index contributed by atoms with van der Waals surface area (Å²) in [5, 5.41) is 0.838. The number of furan rings is 1. The Balaban J connectivity index is 2.05. The average Bonchev–Trinajstić information content (AvgIpc) is 2.84.